The van der Waals surface area contributed by atoms with Crippen LogP contribution in [0.15, 0.2) is 78.8 Å². The van der Waals surface area contributed by atoms with E-state index in [4.69, 9.17) is 16.3 Å². The number of methoxy groups -OCH3 is 1. The lowest BCUT2D eigenvalue weighted by Crippen LogP contribution is -2.31. The van der Waals surface area contributed by atoms with Crippen molar-refractivity contribution in [2.45, 2.75) is 12.5 Å². The SMILES string of the molecule is COC(=O)c1ccc(C2C(=C(O)c3cccnc3)C(=O)C(=O)N2CCc2c[nH]c3cc(Cl)ccc23)cc1. The van der Waals surface area contributed by atoms with E-state index in [1.165, 1.54) is 18.2 Å². The number of carbonyl (C=O) groups excluding carboxylic acids is 3. The zero-order chi connectivity index (χ0) is 26.1. The van der Waals surface area contributed by atoms with Crippen LogP contribution in [0.4, 0.5) is 0 Å². The molecule has 9 heteroatoms. The molecule has 1 unspecified atom stereocenters. The number of ether oxygens (including phenoxy) is 1. The van der Waals surface area contributed by atoms with Crippen molar-refractivity contribution in [3.05, 3.63) is 106 Å². The van der Waals surface area contributed by atoms with Crippen LogP contribution < -0.4 is 0 Å². The zero-order valence-electron chi connectivity index (χ0n) is 19.8. The highest BCUT2D eigenvalue weighted by Gasteiger charge is 2.46. The number of ketones is 1. The number of amides is 1. The van der Waals surface area contributed by atoms with E-state index in [2.05, 4.69) is 9.97 Å². The maximum absolute atomic E-state index is 13.2. The lowest BCUT2D eigenvalue weighted by atomic mass is 9.95. The molecular weight excluding hydrogens is 494 g/mol. The summed E-state index contributed by atoms with van der Waals surface area (Å²) in [6.07, 6.45) is 5.29. The van der Waals surface area contributed by atoms with Gasteiger partial charge in [0.1, 0.15) is 5.76 Å². The number of Topliss-reactive ketones (excluding diaryl/α,β-unsaturated/α-hetero) is 1. The van der Waals surface area contributed by atoms with E-state index >= 15 is 0 Å². The Morgan fingerprint density at radius 3 is 2.62 bits per heavy atom. The summed E-state index contributed by atoms with van der Waals surface area (Å²) in [6.45, 7) is 0.216. The Morgan fingerprint density at radius 2 is 1.92 bits per heavy atom. The molecule has 2 aromatic carbocycles. The van der Waals surface area contributed by atoms with Crippen molar-refractivity contribution in [1.29, 1.82) is 0 Å². The van der Waals surface area contributed by atoms with Crippen molar-refractivity contribution in [2.24, 2.45) is 0 Å². The van der Waals surface area contributed by atoms with Gasteiger partial charge in [-0.3, -0.25) is 14.6 Å². The average Bonchev–Trinajstić information content (AvgIpc) is 3.44. The first-order valence-electron chi connectivity index (χ1n) is 11.5. The molecule has 0 spiro atoms. The number of nitrogens with one attached hydrogen (secondary N) is 1. The molecular formula is C28H22ClN3O5. The van der Waals surface area contributed by atoms with E-state index < -0.39 is 23.7 Å². The Labute approximate surface area is 217 Å². The third kappa shape index (κ3) is 4.47. The standard InChI is InChI=1S/C28H22ClN3O5/c1-37-28(36)17-6-4-16(5-7-17)24-23(25(33)19-3-2-11-30-14-19)26(34)27(35)32(24)12-10-18-15-31-22-13-20(29)8-9-21(18)22/h2-9,11,13-15,24,31,33H,10,12H2,1H3. The molecule has 0 radical (unpaired) electrons. The largest absolute Gasteiger partial charge is 0.507 e. The molecule has 2 aromatic heterocycles. The molecule has 1 saturated heterocycles. The quantitative estimate of drug-likeness (QED) is 0.167. The predicted molar refractivity (Wildman–Crippen MR) is 138 cm³/mol. The van der Waals surface area contributed by atoms with Gasteiger partial charge in [-0.15, -0.1) is 0 Å². The third-order valence-electron chi connectivity index (χ3n) is 6.47. The van der Waals surface area contributed by atoms with Crippen LogP contribution in [0.5, 0.6) is 0 Å². The van der Waals surface area contributed by atoms with Gasteiger partial charge in [-0.25, -0.2) is 4.79 Å². The number of hydrogen-bond acceptors (Lipinski definition) is 6. The molecule has 1 aliphatic heterocycles. The summed E-state index contributed by atoms with van der Waals surface area (Å²) in [5.41, 5.74) is 3.02. The second kappa shape index (κ2) is 9.91. The molecule has 186 valence electrons. The number of aromatic nitrogens is 2. The van der Waals surface area contributed by atoms with Crippen LogP contribution in [-0.4, -0.2) is 51.3 Å². The first kappa shape index (κ1) is 24.3. The smallest absolute Gasteiger partial charge is 0.337 e. The van der Waals surface area contributed by atoms with Gasteiger partial charge >= 0.3 is 5.97 Å². The van der Waals surface area contributed by atoms with Gasteiger partial charge in [0.05, 0.1) is 24.3 Å². The number of aliphatic hydroxyl groups is 1. The molecule has 1 fully saturated rings. The molecule has 2 N–H and O–H groups in total. The Hall–Kier alpha value is -4.43. The maximum Gasteiger partial charge on any atom is 0.337 e. The molecule has 1 atom stereocenters. The van der Waals surface area contributed by atoms with Gasteiger partial charge in [0.15, 0.2) is 0 Å². The van der Waals surface area contributed by atoms with Gasteiger partial charge in [-0.2, -0.15) is 0 Å². The van der Waals surface area contributed by atoms with Crippen molar-refractivity contribution in [2.75, 3.05) is 13.7 Å². The summed E-state index contributed by atoms with van der Waals surface area (Å²) in [5, 5.41) is 12.7. The zero-order valence-corrected chi connectivity index (χ0v) is 20.5. The second-order valence-electron chi connectivity index (χ2n) is 8.60. The van der Waals surface area contributed by atoms with Crippen LogP contribution in [0.1, 0.15) is 33.1 Å². The fourth-order valence-electron chi connectivity index (χ4n) is 4.64. The topological polar surface area (TPSA) is 113 Å². The Morgan fingerprint density at radius 1 is 1.14 bits per heavy atom. The van der Waals surface area contributed by atoms with Gasteiger partial charge in [-0.1, -0.05) is 29.8 Å². The molecule has 0 bridgehead atoms. The number of benzene rings is 2. The van der Waals surface area contributed by atoms with Crippen LogP contribution in [0.2, 0.25) is 5.02 Å². The van der Waals surface area contributed by atoms with Crippen LogP contribution in [0, 0.1) is 0 Å². The van der Waals surface area contributed by atoms with Crippen molar-refractivity contribution in [3.8, 4) is 0 Å². The minimum absolute atomic E-state index is 0.0328. The molecule has 4 aromatic rings. The Balaban J connectivity index is 1.55. The van der Waals surface area contributed by atoms with Crippen LogP contribution in [0.25, 0.3) is 16.7 Å². The van der Waals surface area contributed by atoms with E-state index in [-0.39, 0.29) is 17.9 Å². The number of aromatic amines is 1. The van der Waals surface area contributed by atoms with Gasteiger partial charge in [-0.05, 0) is 53.9 Å². The van der Waals surface area contributed by atoms with E-state index in [1.807, 2.05) is 18.3 Å². The number of H-pyrrole nitrogens is 1. The highest BCUT2D eigenvalue weighted by molar-refractivity contribution is 6.46. The van der Waals surface area contributed by atoms with Crippen LogP contribution in [-0.2, 0) is 20.7 Å². The van der Waals surface area contributed by atoms with Crippen LogP contribution >= 0.6 is 11.6 Å². The Bertz CT molecular complexity index is 1540. The highest BCUT2D eigenvalue weighted by atomic mass is 35.5. The molecule has 8 nitrogen and oxygen atoms in total. The third-order valence-corrected chi connectivity index (χ3v) is 6.71. The van der Waals surface area contributed by atoms with Gasteiger partial charge in [0, 0.05) is 46.6 Å². The summed E-state index contributed by atoms with van der Waals surface area (Å²) in [7, 11) is 1.29. The summed E-state index contributed by atoms with van der Waals surface area (Å²) < 4.78 is 4.77. The van der Waals surface area contributed by atoms with Crippen LogP contribution in [0.3, 0.4) is 0 Å². The number of esters is 1. The van der Waals surface area contributed by atoms with Gasteiger partial charge in [0.2, 0.25) is 0 Å². The maximum atomic E-state index is 13.2. The number of rotatable bonds is 6. The fraction of sp³-hybridized carbons (Fsp3) is 0.143. The minimum Gasteiger partial charge on any atom is -0.507 e. The molecule has 3 heterocycles. The van der Waals surface area contributed by atoms with E-state index in [1.54, 1.807) is 48.7 Å². The van der Waals surface area contributed by atoms with E-state index in [9.17, 15) is 19.5 Å². The van der Waals surface area contributed by atoms with Crippen molar-refractivity contribution < 1.29 is 24.2 Å². The summed E-state index contributed by atoms with van der Waals surface area (Å²) in [5.74, 6) is -2.31. The molecule has 1 aliphatic rings. The monoisotopic (exact) mass is 515 g/mol. The molecule has 0 aliphatic carbocycles. The summed E-state index contributed by atoms with van der Waals surface area (Å²) >= 11 is 6.09. The molecule has 5 rings (SSSR count). The number of carbonyl (C=O) groups is 3. The first-order valence-corrected chi connectivity index (χ1v) is 11.9. The Kier molecular flexibility index (Phi) is 6.50. The number of fused-ring (bicyclic) bond motifs is 1. The molecule has 37 heavy (non-hydrogen) atoms. The van der Waals surface area contributed by atoms with E-state index in [0.29, 0.717) is 28.1 Å². The predicted octanol–water partition coefficient (Wildman–Crippen LogP) is 4.67. The van der Waals surface area contributed by atoms with Crippen molar-refractivity contribution in [3.63, 3.8) is 0 Å². The number of nitrogens with zero attached hydrogens (tertiary/aromatic N) is 2. The normalized spacial score (nSPS) is 16.9. The summed E-state index contributed by atoms with van der Waals surface area (Å²) in [4.78, 5) is 47.0. The van der Waals surface area contributed by atoms with Gasteiger partial charge < -0.3 is 19.7 Å². The van der Waals surface area contributed by atoms with Crippen molar-refractivity contribution in [1.82, 2.24) is 14.9 Å². The number of aliphatic hydroxyl groups excluding tert-OH is 1. The first-order chi connectivity index (χ1) is 17.9. The van der Waals surface area contributed by atoms with Crippen molar-refractivity contribution >= 4 is 45.9 Å². The number of hydrogen-bond donors (Lipinski definition) is 2. The lowest BCUT2D eigenvalue weighted by molar-refractivity contribution is -0.139. The summed E-state index contributed by atoms with van der Waals surface area (Å²) in [6, 6.07) is 14.4. The van der Waals surface area contributed by atoms with E-state index in [0.717, 1.165) is 16.5 Å². The molecule has 1 amide bonds. The fourth-order valence-corrected chi connectivity index (χ4v) is 4.81. The minimum atomic E-state index is -0.855. The highest BCUT2D eigenvalue weighted by Crippen LogP contribution is 2.39. The average molecular weight is 516 g/mol. The lowest BCUT2D eigenvalue weighted by Gasteiger charge is -2.25. The van der Waals surface area contributed by atoms with Gasteiger partial charge in [0.25, 0.3) is 11.7 Å². The number of halogens is 1. The second-order valence-corrected chi connectivity index (χ2v) is 9.04. The number of likely N-dealkylation sites (tertiary alicyclic amines) is 1. The number of pyridine rings is 1. The molecule has 0 saturated carbocycles.